The van der Waals surface area contributed by atoms with Crippen LogP contribution >= 0.6 is 24.0 Å². The lowest BCUT2D eigenvalue weighted by molar-refractivity contribution is 0.203. The average molecular weight is 521 g/mol. The predicted molar refractivity (Wildman–Crippen MR) is 124 cm³/mol. The van der Waals surface area contributed by atoms with Crippen molar-refractivity contribution in [2.75, 3.05) is 39.5 Å². The van der Waals surface area contributed by atoms with Crippen LogP contribution in [0.3, 0.4) is 0 Å². The van der Waals surface area contributed by atoms with Crippen molar-refractivity contribution in [2.45, 2.75) is 43.4 Å². The third-order valence-corrected chi connectivity index (χ3v) is 6.90. The molecule has 0 aromatic heterocycles. The molecule has 0 atom stereocenters. The smallest absolute Gasteiger partial charge is 0.193 e. The average Bonchev–Trinajstić information content (AvgIpc) is 3.05. The van der Waals surface area contributed by atoms with E-state index in [0.29, 0.717) is 29.2 Å². The van der Waals surface area contributed by atoms with Crippen LogP contribution in [0.25, 0.3) is 0 Å². The van der Waals surface area contributed by atoms with Crippen LogP contribution in [-0.2, 0) is 9.84 Å². The summed E-state index contributed by atoms with van der Waals surface area (Å²) in [6.45, 7) is 3.34. The standard InChI is InChI=1S/C20H31N3O3S.HI/c1-21-19(23-14-12-20(16-23)10-4-3-5-11-20)22-13-15-26-17-6-8-18(9-7-17)27(2,24)25;/h6-9H,3-5,10-16H2,1-2H3,(H,21,22);1H. The van der Waals surface area contributed by atoms with Crippen molar-refractivity contribution in [3.63, 3.8) is 0 Å². The Bertz CT molecular complexity index is 759. The van der Waals surface area contributed by atoms with Gasteiger partial charge in [-0.1, -0.05) is 19.3 Å². The first-order valence-electron chi connectivity index (χ1n) is 9.80. The van der Waals surface area contributed by atoms with Gasteiger partial charge < -0.3 is 15.0 Å². The van der Waals surface area contributed by atoms with Crippen LogP contribution in [0.4, 0.5) is 0 Å². The van der Waals surface area contributed by atoms with Crippen molar-refractivity contribution < 1.29 is 13.2 Å². The predicted octanol–water partition coefficient (Wildman–Crippen LogP) is 3.32. The molecule has 8 heteroatoms. The summed E-state index contributed by atoms with van der Waals surface area (Å²) in [5, 5.41) is 3.39. The van der Waals surface area contributed by atoms with Crippen LogP contribution in [0.5, 0.6) is 5.75 Å². The lowest BCUT2D eigenvalue weighted by atomic mass is 9.73. The fourth-order valence-corrected chi connectivity index (χ4v) is 4.90. The highest BCUT2D eigenvalue weighted by Gasteiger charge is 2.39. The van der Waals surface area contributed by atoms with Crippen molar-refractivity contribution in [1.29, 1.82) is 0 Å². The molecule has 1 spiro atoms. The Kier molecular flexibility index (Phi) is 8.42. The molecule has 1 N–H and O–H groups in total. The zero-order chi connectivity index (χ0) is 19.3. The molecule has 0 bridgehead atoms. The second-order valence-corrected chi connectivity index (χ2v) is 9.81. The van der Waals surface area contributed by atoms with Crippen molar-refractivity contribution in [3.8, 4) is 5.75 Å². The highest BCUT2D eigenvalue weighted by Crippen LogP contribution is 2.43. The molecule has 0 unspecified atom stereocenters. The number of halogens is 1. The van der Waals surface area contributed by atoms with Gasteiger partial charge in [0, 0.05) is 26.4 Å². The van der Waals surface area contributed by atoms with Gasteiger partial charge >= 0.3 is 0 Å². The first kappa shape index (κ1) is 23.3. The molecule has 3 rings (SSSR count). The molecule has 1 aliphatic heterocycles. The van der Waals surface area contributed by atoms with Gasteiger partial charge in [0.25, 0.3) is 0 Å². The van der Waals surface area contributed by atoms with E-state index in [0.717, 1.165) is 19.0 Å². The number of likely N-dealkylation sites (tertiary alicyclic amines) is 1. The Balaban J connectivity index is 0.00000280. The van der Waals surface area contributed by atoms with Crippen molar-refractivity contribution in [3.05, 3.63) is 24.3 Å². The van der Waals surface area contributed by atoms with Gasteiger partial charge in [-0.15, -0.1) is 24.0 Å². The summed E-state index contributed by atoms with van der Waals surface area (Å²) in [7, 11) is -1.34. The van der Waals surface area contributed by atoms with Gasteiger partial charge in [0.2, 0.25) is 0 Å². The first-order chi connectivity index (χ1) is 12.9. The molecule has 0 amide bonds. The van der Waals surface area contributed by atoms with Crippen LogP contribution in [0.2, 0.25) is 0 Å². The van der Waals surface area contributed by atoms with Gasteiger partial charge in [-0.25, -0.2) is 8.42 Å². The number of guanidine groups is 1. The molecule has 1 aromatic carbocycles. The maximum Gasteiger partial charge on any atom is 0.193 e. The van der Waals surface area contributed by atoms with Crippen molar-refractivity contribution in [2.24, 2.45) is 10.4 Å². The fraction of sp³-hybridized carbons (Fsp3) is 0.650. The van der Waals surface area contributed by atoms with Crippen LogP contribution in [0.15, 0.2) is 34.2 Å². The monoisotopic (exact) mass is 521 g/mol. The highest BCUT2D eigenvalue weighted by molar-refractivity contribution is 14.0. The quantitative estimate of drug-likeness (QED) is 0.279. The number of aliphatic imine (C=N–C) groups is 1. The SMILES string of the molecule is CN=C(NCCOc1ccc(S(C)(=O)=O)cc1)N1CCC2(CCCCC2)C1.I. The second-order valence-electron chi connectivity index (χ2n) is 7.80. The molecular weight excluding hydrogens is 489 g/mol. The number of nitrogens with one attached hydrogen (secondary N) is 1. The summed E-state index contributed by atoms with van der Waals surface area (Å²) in [4.78, 5) is 7.13. The van der Waals surface area contributed by atoms with Gasteiger partial charge in [0.1, 0.15) is 12.4 Å². The topological polar surface area (TPSA) is 71.0 Å². The fourth-order valence-electron chi connectivity index (χ4n) is 4.27. The summed E-state index contributed by atoms with van der Waals surface area (Å²) in [5.74, 6) is 1.62. The Labute approximate surface area is 186 Å². The molecule has 1 aromatic rings. The summed E-state index contributed by atoms with van der Waals surface area (Å²) in [6.07, 6.45) is 9.31. The Morgan fingerprint density at radius 1 is 1.18 bits per heavy atom. The Morgan fingerprint density at radius 2 is 1.86 bits per heavy atom. The van der Waals surface area contributed by atoms with Gasteiger partial charge in [-0.3, -0.25) is 4.99 Å². The summed E-state index contributed by atoms with van der Waals surface area (Å²) < 4.78 is 28.7. The van der Waals surface area contributed by atoms with Crippen LogP contribution < -0.4 is 10.1 Å². The van der Waals surface area contributed by atoms with E-state index in [1.807, 2.05) is 7.05 Å². The number of hydrogen-bond donors (Lipinski definition) is 1. The van der Waals surface area contributed by atoms with E-state index in [9.17, 15) is 8.42 Å². The zero-order valence-electron chi connectivity index (χ0n) is 16.8. The van der Waals surface area contributed by atoms with E-state index in [1.165, 1.54) is 44.8 Å². The third kappa shape index (κ3) is 5.98. The first-order valence-corrected chi connectivity index (χ1v) is 11.7. The number of hydrogen-bond acceptors (Lipinski definition) is 4. The minimum absolute atomic E-state index is 0. The van der Waals surface area contributed by atoms with Gasteiger partial charge in [0.15, 0.2) is 15.8 Å². The van der Waals surface area contributed by atoms with Gasteiger partial charge in [-0.05, 0) is 48.9 Å². The van der Waals surface area contributed by atoms with Crippen molar-refractivity contribution >= 4 is 39.8 Å². The van der Waals surface area contributed by atoms with Crippen molar-refractivity contribution in [1.82, 2.24) is 10.2 Å². The van der Waals surface area contributed by atoms with E-state index in [2.05, 4.69) is 15.2 Å². The maximum atomic E-state index is 11.5. The molecule has 158 valence electrons. The third-order valence-electron chi connectivity index (χ3n) is 5.77. The molecule has 28 heavy (non-hydrogen) atoms. The summed E-state index contributed by atoms with van der Waals surface area (Å²) in [5.41, 5.74) is 0.508. The largest absolute Gasteiger partial charge is 0.492 e. The number of rotatable bonds is 5. The number of nitrogens with zero attached hydrogens (tertiary/aromatic N) is 2. The Morgan fingerprint density at radius 3 is 2.46 bits per heavy atom. The van der Waals surface area contributed by atoms with Crippen LogP contribution in [-0.4, -0.2) is 58.8 Å². The van der Waals surface area contributed by atoms with Gasteiger partial charge in [0.05, 0.1) is 11.4 Å². The molecule has 2 fully saturated rings. The molecule has 1 saturated heterocycles. The van der Waals surface area contributed by atoms with E-state index < -0.39 is 9.84 Å². The minimum atomic E-state index is -3.17. The van der Waals surface area contributed by atoms with Crippen LogP contribution in [0, 0.1) is 5.41 Å². The van der Waals surface area contributed by atoms with E-state index in [-0.39, 0.29) is 24.0 Å². The van der Waals surface area contributed by atoms with Gasteiger partial charge in [-0.2, -0.15) is 0 Å². The summed E-state index contributed by atoms with van der Waals surface area (Å²) >= 11 is 0. The number of sulfone groups is 1. The number of ether oxygens (including phenoxy) is 1. The molecule has 2 aliphatic rings. The molecule has 0 radical (unpaired) electrons. The maximum absolute atomic E-state index is 11.5. The molecular formula is C20H32IN3O3S. The van der Waals surface area contributed by atoms with Crippen LogP contribution in [0.1, 0.15) is 38.5 Å². The highest BCUT2D eigenvalue weighted by atomic mass is 127. The second kappa shape index (κ2) is 10.1. The number of benzene rings is 1. The lowest BCUT2D eigenvalue weighted by Gasteiger charge is -2.33. The minimum Gasteiger partial charge on any atom is -0.492 e. The molecule has 1 heterocycles. The molecule has 6 nitrogen and oxygen atoms in total. The summed E-state index contributed by atoms with van der Waals surface area (Å²) in [6, 6.07) is 6.53. The molecule has 1 aliphatic carbocycles. The lowest BCUT2D eigenvalue weighted by Crippen LogP contribution is -2.43. The zero-order valence-corrected chi connectivity index (χ0v) is 20.0. The molecule has 1 saturated carbocycles. The normalized spacial score (nSPS) is 19.4. The van der Waals surface area contributed by atoms with E-state index >= 15 is 0 Å². The van der Waals surface area contributed by atoms with E-state index in [1.54, 1.807) is 24.3 Å². The Hall–Kier alpha value is -1.03. The van der Waals surface area contributed by atoms with E-state index in [4.69, 9.17) is 4.74 Å².